The summed E-state index contributed by atoms with van der Waals surface area (Å²) in [6.07, 6.45) is 4.09. The summed E-state index contributed by atoms with van der Waals surface area (Å²) in [5.74, 6) is 1.77. The fourth-order valence-electron chi connectivity index (χ4n) is 1.98. The minimum Gasteiger partial charge on any atom is -0.367 e. The van der Waals surface area contributed by atoms with Crippen molar-refractivity contribution in [1.82, 2.24) is 9.97 Å². The van der Waals surface area contributed by atoms with Gasteiger partial charge < -0.3 is 10.6 Å². The molecule has 2 N–H and O–H groups in total. The van der Waals surface area contributed by atoms with Crippen molar-refractivity contribution in [1.29, 1.82) is 0 Å². The quantitative estimate of drug-likeness (QED) is 0.861. The molecule has 0 bridgehead atoms. The lowest BCUT2D eigenvalue weighted by Gasteiger charge is -2.08. The van der Waals surface area contributed by atoms with Crippen LogP contribution in [0.4, 0.5) is 11.6 Å². The molecule has 0 amide bonds. The van der Waals surface area contributed by atoms with E-state index >= 15 is 0 Å². The second kappa shape index (κ2) is 5.26. The first-order valence-corrected chi connectivity index (χ1v) is 6.67. The summed E-state index contributed by atoms with van der Waals surface area (Å²) in [7, 11) is 0. The van der Waals surface area contributed by atoms with Gasteiger partial charge in [0, 0.05) is 18.7 Å². The second-order valence-electron chi connectivity index (χ2n) is 5.05. The van der Waals surface area contributed by atoms with Crippen molar-refractivity contribution in [3.8, 4) is 0 Å². The molecule has 0 radical (unpaired) electrons. The number of aryl methyl sites for hydroxylation is 1. The summed E-state index contributed by atoms with van der Waals surface area (Å²) >= 11 is 0. The van der Waals surface area contributed by atoms with Gasteiger partial charge in [-0.3, -0.25) is 0 Å². The molecule has 0 unspecified atom stereocenters. The van der Waals surface area contributed by atoms with E-state index in [1.165, 1.54) is 24.0 Å². The number of hydrogen-bond acceptors (Lipinski definition) is 4. The molecule has 0 spiro atoms. The lowest BCUT2D eigenvalue weighted by atomic mass is 10.1. The first-order valence-electron chi connectivity index (χ1n) is 6.67. The maximum absolute atomic E-state index is 4.24. The van der Waals surface area contributed by atoms with Gasteiger partial charge in [-0.05, 0) is 25.3 Å². The van der Waals surface area contributed by atoms with Crippen molar-refractivity contribution < 1.29 is 0 Å². The Kier molecular flexibility index (Phi) is 3.31. The van der Waals surface area contributed by atoms with E-state index in [1.807, 2.05) is 6.07 Å². The van der Waals surface area contributed by atoms with E-state index in [2.05, 4.69) is 51.8 Å². The zero-order valence-electron chi connectivity index (χ0n) is 11.1. The Morgan fingerprint density at radius 1 is 1.16 bits per heavy atom. The van der Waals surface area contributed by atoms with Crippen LogP contribution in [0.3, 0.4) is 0 Å². The number of benzene rings is 1. The molecule has 1 aliphatic rings. The van der Waals surface area contributed by atoms with Gasteiger partial charge >= 0.3 is 0 Å². The lowest BCUT2D eigenvalue weighted by molar-refractivity contribution is 1.05. The molecule has 0 saturated heterocycles. The highest BCUT2D eigenvalue weighted by Crippen LogP contribution is 2.24. The molecule has 0 aliphatic heterocycles. The lowest BCUT2D eigenvalue weighted by Crippen LogP contribution is -2.06. The number of anilines is 2. The molecule has 4 nitrogen and oxygen atoms in total. The van der Waals surface area contributed by atoms with Gasteiger partial charge in [-0.25, -0.2) is 9.97 Å². The Labute approximate surface area is 113 Å². The summed E-state index contributed by atoms with van der Waals surface area (Å²) in [5.41, 5.74) is 2.54. The maximum atomic E-state index is 4.24. The van der Waals surface area contributed by atoms with Crippen LogP contribution in [0, 0.1) is 6.92 Å². The first kappa shape index (κ1) is 12.0. The fourth-order valence-corrected chi connectivity index (χ4v) is 1.98. The molecule has 1 fully saturated rings. The van der Waals surface area contributed by atoms with Crippen LogP contribution in [0.5, 0.6) is 0 Å². The van der Waals surface area contributed by atoms with Crippen LogP contribution in [0.25, 0.3) is 0 Å². The summed E-state index contributed by atoms with van der Waals surface area (Å²) in [6, 6.07) is 11.0. The summed E-state index contributed by atoms with van der Waals surface area (Å²) in [4.78, 5) is 8.47. The summed E-state index contributed by atoms with van der Waals surface area (Å²) < 4.78 is 0. The molecule has 0 atom stereocenters. The van der Waals surface area contributed by atoms with Crippen LogP contribution >= 0.6 is 0 Å². The summed E-state index contributed by atoms with van der Waals surface area (Å²) in [6.45, 7) is 2.88. The minimum absolute atomic E-state index is 0.611. The highest BCUT2D eigenvalue weighted by atomic mass is 15.1. The minimum atomic E-state index is 0.611. The standard InChI is InChI=1S/C15H18N4/c1-11-3-2-4-12(7-11)9-16-14-8-15(18-10-17-14)19-13-5-6-13/h2-4,7-8,10,13H,5-6,9H2,1H3,(H2,16,17,18,19). The van der Waals surface area contributed by atoms with Gasteiger partial charge in [-0.1, -0.05) is 29.8 Å². The van der Waals surface area contributed by atoms with Gasteiger partial charge in [0.1, 0.15) is 18.0 Å². The van der Waals surface area contributed by atoms with Crippen LogP contribution in [0.15, 0.2) is 36.7 Å². The smallest absolute Gasteiger partial charge is 0.131 e. The molecular formula is C15H18N4. The van der Waals surface area contributed by atoms with Gasteiger partial charge in [0.05, 0.1) is 0 Å². The van der Waals surface area contributed by atoms with E-state index in [1.54, 1.807) is 6.33 Å². The van der Waals surface area contributed by atoms with Crippen molar-refractivity contribution in [3.63, 3.8) is 0 Å². The molecule has 3 rings (SSSR count). The van der Waals surface area contributed by atoms with Crippen LogP contribution in [0.1, 0.15) is 24.0 Å². The van der Waals surface area contributed by atoms with Crippen LogP contribution in [-0.4, -0.2) is 16.0 Å². The second-order valence-corrected chi connectivity index (χ2v) is 5.05. The third-order valence-electron chi connectivity index (χ3n) is 3.15. The largest absolute Gasteiger partial charge is 0.367 e. The number of nitrogens with zero attached hydrogens (tertiary/aromatic N) is 2. The highest BCUT2D eigenvalue weighted by Gasteiger charge is 2.21. The molecule has 4 heteroatoms. The zero-order chi connectivity index (χ0) is 13.1. The molecule has 98 valence electrons. The number of rotatable bonds is 5. The Morgan fingerprint density at radius 3 is 2.79 bits per heavy atom. The third kappa shape index (κ3) is 3.44. The highest BCUT2D eigenvalue weighted by molar-refractivity contribution is 5.47. The van der Waals surface area contributed by atoms with Gasteiger partial charge in [-0.15, -0.1) is 0 Å². The van der Waals surface area contributed by atoms with Crippen molar-refractivity contribution in [2.75, 3.05) is 10.6 Å². The SMILES string of the molecule is Cc1cccc(CNc2cc(NC3CC3)ncn2)c1. The van der Waals surface area contributed by atoms with Crippen LogP contribution in [0.2, 0.25) is 0 Å². The van der Waals surface area contributed by atoms with E-state index in [4.69, 9.17) is 0 Å². The van der Waals surface area contributed by atoms with Gasteiger partial charge in [0.2, 0.25) is 0 Å². The molecule has 1 saturated carbocycles. The third-order valence-corrected chi connectivity index (χ3v) is 3.15. The first-order chi connectivity index (χ1) is 9.29. The van der Waals surface area contributed by atoms with E-state index < -0.39 is 0 Å². The van der Waals surface area contributed by atoms with E-state index in [0.717, 1.165) is 18.2 Å². The van der Waals surface area contributed by atoms with Crippen molar-refractivity contribution in [3.05, 3.63) is 47.8 Å². The number of aromatic nitrogens is 2. The average molecular weight is 254 g/mol. The maximum Gasteiger partial charge on any atom is 0.131 e. The van der Waals surface area contributed by atoms with E-state index in [0.29, 0.717) is 6.04 Å². The Balaban J connectivity index is 1.62. The van der Waals surface area contributed by atoms with E-state index in [-0.39, 0.29) is 0 Å². The van der Waals surface area contributed by atoms with Crippen LogP contribution < -0.4 is 10.6 Å². The normalized spacial score (nSPS) is 14.2. The fraction of sp³-hybridized carbons (Fsp3) is 0.333. The number of hydrogen-bond donors (Lipinski definition) is 2. The molecular weight excluding hydrogens is 236 g/mol. The van der Waals surface area contributed by atoms with E-state index in [9.17, 15) is 0 Å². The average Bonchev–Trinajstić information content (AvgIpc) is 3.21. The summed E-state index contributed by atoms with van der Waals surface area (Å²) in [5, 5.41) is 6.70. The van der Waals surface area contributed by atoms with Crippen LogP contribution in [-0.2, 0) is 6.54 Å². The molecule has 2 aromatic rings. The topological polar surface area (TPSA) is 49.8 Å². The molecule has 1 heterocycles. The molecule has 1 aromatic carbocycles. The van der Waals surface area contributed by atoms with Crippen molar-refractivity contribution in [2.24, 2.45) is 0 Å². The molecule has 1 aliphatic carbocycles. The Hall–Kier alpha value is -2.10. The van der Waals surface area contributed by atoms with Crippen molar-refractivity contribution >= 4 is 11.6 Å². The predicted molar refractivity (Wildman–Crippen MR) is 77.2 cm³/mol. The zero-order valence-corrected chi connectivity index (χ0v) is 11.1. The Morgan fingerprint density at radius 2 is 2.00 bits per heavy atom. The predicted octanol–water partition coefficient (Wildman–Crippen LogP) is 2.97. The molecule has 1 aromatic heterocycles. The van der Waals surface area contributed by atoms with Gasteiger partial charge in [-0.2, -0.15) is 0 Å². The van der Waals surface area contributed by atoms with Gasteiger partial charge in [0.15, 0.2) is 0 Å². The Bertz CT molecular complexity index is 564. The number of nitrogens with one attached hydrogen (secondary N) is 2. The van der Waals surface area contributed by atoms with Gasteiger partial charge in [0.25, 0.3) is 0 Å². The van der Waals surface area contributed by atoms with Crippen molar-refractivity contribution in [2.45, 2.75) is 32.4 Å². The molecule has 19 heavy (non-hydrogen) atoms. The monoisotopic (exact) mass is 254 g/mol.